The molecule has 1 unspecified atom stereocenters. The van der Waals surface area contributed by atoms with Crippen LogP contribution < -0.4 is 10.5 Å². The Bertz CT molecular complexity index is 837. The maximum atomic E-state index is 12.5. The second-order valence-corrected chi connectivity index (χ2v) is 6.25. The monoisotopic (exact) mass is 351 g/mol. The summed E-state index contributed by atoms with van der Waals surface area (Å²) in [5.74, 6) is 0.641. The van der Waals surface area contributed by atoms with Crippen LogP contribution in [0.3, 0.4) is 0 Å². The predicted molar refractivity (Wildman–Crippen MR) is 104 cm³/mol. The van der Waals surface area contributed by atoms with Crippen LogP contribution in [0.1, 0.15) is 49.8 Å². The second kappa shape index (κ2) is 7.65. The zero-order valence-electron chi connectivity index (χ0n) is 15.5. The number of hydrogen-bond acceptors (Lipinski definition) is 4. The molecule has 0 bridgehead atoms. The van der Waals surface area contributed by atoms with Crippen molar-refractivity contribution in [2.45, 2.75) is 33.1 Å². The minimum atomic E-state index is -0.233. The first-order valence-corrected chi connectivity index (χ1v) is 9.13. The molecule has 1 aliphatic rings. The average Bonchev–Trinajstić information content (AvgIpc) is 2.62. The molecule has 2 aromatic carbocycles. The van der Waals surface area contributed by atoms with E-state index in [-0.39, 0.29) is 11.9 Å². The lowest BCUT2D eigenvalue weighted by Gasteiger charge is -2.36. The van der Waals surface area contributed by atoms with E-state index in [0.29, 0.717) is 19.6 Å². The highest BCUT2D eigenvalue weighted by Gasteiger charge is 2.37. The third kappa shape index (κ3) is 3.19. The van der Waals surface area contributed by atoms with Crippen LogP contribution in [0.15, 0.2) is 48.0 Å². The zero-order valence-corrected chi connectivity index (χ0v) is 15.5. The van der Waals surface area contributed by atoms with E-state index in [4.69, 9.17) is 15.2 Å². The molecule has 0 saturated carbocycles. The highest BCUT2D eigenvalue weighted by molar-refractivity contribution is 6.04. The van der Waals surface area contributed by atoms with Crippen molar-refractivity contribution >= 4 is 17.2 Å². The Hall–Kier alpha value is -2.75. The normalized spacial score (nSPS) is 17.1. The molecule has 0 heterocycles. The van der Waals surface area contributed by atoms with Crippen LogP contribution in [0.4, 0.5) is 5.69 Å². The van der Waals surface area contributed by atoms with Gasteiger partial charge in [-0.3, -0.25) is 0 Å². The van der Waals surface area contributed by atoms with Gasteiger partial charge in [0.1, 0.15) is 5.75 Å². The molecule has 0 saturated heterocycles. The molecular weight excluding hydrogens is 326 g/mol. The van der Waals surface area contributed by atoms with Gasteiger partial charge in [0.05, 0.1) is 13.2 Å². The maximum absolute atomic E-state index is 12.5. The standard InChI is InChI=1S/C22H25NO3/c1-4-17(22(24)26-6-3)21-18-12-9-15(23)13-19(18)20(21)14-7-10-16(11-8-14)25-5-2/h7-13,20H,4-6,23H2,1-3H3. The van der Waals surface area contributed by atoms with Gasteiger partial charge in [-0.2, -0.15) is 0 Å². The molecule has 4 nitrogen and oxygen atoms in total. The fourth-order valence-corrected chi connectivity index (χ4v) is 3.57. The van der Waals surface area contributed by atoms with Gasteiger partial charge >= 0.3 is 5.97 Å². The van der Waals surface area contributed by atoms with E-state index >= 15 is 0 Å². The van der Waals surface area contributed by atoms with Crippen LogP contribution in [-0.4, -0.2) is 19.2 Å². The van der Waals surface area contributed by atoms with Crippen LogP contribution in [0.5, 0.6) is 5.75 Å². The topological polar surface area (TPSA) is 61.5 Å². The van der Waals surface area contributed by atoms with Crippen LogP contribution in [0, 0.1) is 0 Å². The SMILES string of the molecule is CCOC(=O)C(CC)=C1c2ccc(N)cc2C1c1ccc(OCC)cc1. The molecule has 0 amide bonds. The van der Waals surface area contributed by atoms with Crippen molar-refractivity contribution in [3.8, 4) is 5.75 Å². The number of carbonyl (C=O) groups is 1. The molecule has 0 spiro atoms. The minimum Gasteiger partial charge on any atom is -0.494 e. The van der Waals surface area contributed by atoms with Crippen LogP contribution >= 0.6 is 0 Å². The summed E-state index contributed by atoms with van der Waals surface area (Å²) in [7, 11) is 0. The van der Waals surface area contributed by atoms with Gasteiger partial charge in [-0.05, 0) is 66.8 Å². The summed E-state index contributed by atoms with van der Waals surface area (Å²) in [4.78, 5) is 12.5. The fourth-order valence-electron chi connectivity index (χ4n) is 3.57. The summed E-state index contributed by atoms with van der Waals surface area (Å²) in [6, 6.07) is 13.9. The molecule has 2 N–H and O–H groups in total. The number of nitrogens with two attached hydrogens (primary N) is 1. The van der Waals surface area contributed by atoms with E-state index in [1.807, 2.05) is 51.1 Å². The van der Waals surface area contributed by atoms with Crippen molar-refractivity contribution < 1.29 is 14.3 Å². The number of fused-ring (bicyclic) bond motifs is 1. The first-order chi connectivity index (χ1) is 12.6. The van der Waals surface area contributed by atoms with Gasteiger partial charge in [-0.25, -0.2) is 4.79 Å². The van der Waals surface area contributed by atoms with E-state index in [1.54, 1.807) is 0 Å². The lowest BCUT2D eigenvalue weighted by molar-refractivity contribution is -0.138. The summed E-state index contributed by atoms with van der Waals surface area (Å²) in [6.45, 7) is 6.79. The van der Waals surface area contributed by atoms with Gasteiger partial charge in [-0.15, -0.1) is 0 Å². The summed E-state index contributed by atoms with van der Waals surface area (Å²) in [5.41, 5.74) is 11.9. The van der Waals surface area contributed by atoms with Gasteiger partial charge in [0.25, 0.3) is 0 Å². The van der Waals surface area contributed by atoms with Gasteiger partial charge in [0, 0.05) is 17.2 Å². The molecule has 3 rings (SSSR count). The number of allylic oxidation sites excluding steroid dienone is 1. The Labute approximate surface area is 154 Å². The van der Waals surface area contributed by atoms with Crippen molar-refractivity contribution in [3.05, 3.63) is 64.7 Å². The van der Waals surface area contributed by atoms with Gasteiger partial charge in [-0.1, -0.05) is 25.1 Å². The van der Waals surface area contributed by atoms with Crippen LogP contribution in [0.2, 0.25) is 0 Å². The Morgan fingerprint density at radius 2 is 1.77 bits per heavy atom. The molecular formula is C22H25NO3. The van der Waals surface area contributed by atoms with Crippen LogP contribution in [-0.2, 0) is 9.53 Å². The van der Waals surface area contributed by atoms with Crippen molar-refractivity contribution in [2.75, 3.05) is 18.9 Å². The smallest absolute Gasteiger partial charge is 0.334 e. The predicted octanol–water partition coefficient (Wildman–Crippen LogP) is 4.54. The van der Waals surface area contributed by atoms with Gasteiger partial charge < -0.3 is 15.2 Å². The number of hydrogen-bond donors (Lipinski definition) is 1. The van der Waals surface area contributed by atoms with Crippen molar-refractivity contribution in [3.63, 3.8) is 0 Å². The van der Waals surface area contributed by atoms with Gasteiger partial charge in [0.15, 0.2) is 0 Å². The minimum absolute atomic E-state index is 0.0310. The lowest BCUT2D eigenvalue weighted by Crippen LogP contribution is -2.22. The maximum Gasteiger partial charge on any atom is 0.334 e. The molecule has 4 heteroatoms. The molecule has 0 fully saturated rings. The highest BCUT2D eigenvalue weighted by Crippen LogP contribution is 2.52. The van der Waals surface area contributed by atoms with E-state index in [0.717, 1.165) is 39.3 Å². The number of rotatable bonds is 6. The van der Waals surface area contributed by atoms with E-state index in [2.05, 4.69) is 12.1 Å². The summed E-state index contributed by atoms with van der Waals surface area (Å²) < 4.78 is 10.8. The quantitative estimate of drug-likeness (QED) is 0.471. The average molecular weight is 351 g/mol. The molecule has 2 aromatic rings. The summed E-state index contributed by atoms with van der Waals surface area (Å²) in [6.07, 6.45) is 0.630. The number of esters is 1. The number of nitrogen functional groups attached to an aromatic ring is 1. The number of anilines is 1. The van der Waals surface area contributed by atoms with Crippen molar-refractivity contribution in [1.29, 1.82) is 0 Å². The van der Waals surface area contributed by atoms with Crippen molar-refractivity contribution in [1.82, 2.24) is 0 Å². The van der Waals surface area contributed by atoms with Crippen molar-refractivity contribution in [2.24, 2.45) is 0 Å². The van der Waals surface area contributed by atoms with Crippen LogP contribution in [0.25, 0.3) is 5.57 Å². The molecule has 1 aliphatic carbocycles. The Kier molecular flexibility index (Phi) is 5.31. The number of carbonyl (C=O) groups excluding carboxylic acids is 1. The molecule has 136 valence electrons. The van der Waals surface area contributed by atoms with E-state index in [1.165, 1.54) is 0 Å². The largest absolute Gasteiger partial charge is 0.494 e. The zero-order chi connectivity index (χ0) is 18.7. The Balaban J connectivity index is 2.09. The summed E-state index contributed by atoms with van der Waals surface area (Å²) >= 11 is 0. The Morgan fingerprint density at radius 3 is 2.38 bits per heavy atom. The number of benzene rings is 2. The third-order valence-electron chi connectivity index (χ3n) is 4.69. The molecule has 0 aliphatic heterocycles. The summed E-state index contributed by atoms with van der Waals surface area (Å²) in [5, 5.41) is 0. The number of ether oxygens (including phenoxy) is 2. The first kappa shape index (κ1) is 18.1. The van der Waals surface area contributed by atoms with E-state index < -0.39 is 0 Å². The second-order valence-electron chi connectivity index (χ2n) is 6.25. The van der Waals surface area contributed by atoms with E-state index in [9.17, 15) is 4.79 Å². The highest BCUT2D eigenvalue weighted by atomic mass is 16.5. The fraction of sp³-hybridized carbons (Fsp3) is 0.318. The third-order valence-corrected chi connectivity index (χ3v) is 4.69. The lowest BCUT2D eigenvalue weighted by atomic mass is 9.67. The Morgan fingerprint density at radius 1 is 1.04 bits per heavy atom. The molecule has 0 aromatic heterocycles. The molecule has 0 radical (unpaired) electrons. The first-order valence-electron chi connectivity index (χ1n) is 9.13. The molecule has 26 heavy (non-hydrogen) atoms. The molecule has 1 atom stereocenters. The van der Waals surface area contributed by atoms with Gasteiger partial charge in [0.2, 0.25) is 0 Å².